The molecule has 1 N–H and O–H groups in total. The first-order valence-electron chi connectivity index (χ1n) is 10.7. The zero-order valence-electron chi connectivity index (χ0n) is 17.7. The van der Waals surface area contributed by atoms with Gasteiger partial charge in [-0.2, -0.15) is 0 Å². The summed E-state index contributed by atoms with van der Waals surface area (Å²) >= 11 is 0. The van der Waals surface area contributed by atoms with Crippen molar-refractivity contribution >= 4 is 11.9 Å². The molecule has 0 saturated heterocycles. The summed E-state index contributed by atoms with van der Waals surface area (Å²) < 4.78 is 5.02. The molecule has 1 fully saturated rings. The maximum atomic E-state index is 14.2. The predicted octanol–water partition coefficient (Wildman–Crippen LogP) is 4.48. The number of hydrogen-bond donors (Lipinski definition) is 1. The van der Waals surface area contributed by atoms with Gasteiger partial charge in [-0.05, 0) is 29.0 Å². The Morgan fingerprint density at radius 1 is 0.839 bits per heavy atom. The van der Waals surface area contributed by atoms with E-state index in [0.29, 0.717) is 12.3 Å². The number of ether oxygens (including phenoxy) is 1. The van der Waals surface area contributed by atoms with Crippen molar-refractivity contribution in [2.24, 2.45) is 5.92 Å². The van der Waals surface area contributed by atoms with Crippen LogP contribution in [0.1, 0.15) is 36.0 Å². The molecule has 1 aliphatic rings. The lowest BCUT2D eigenvalue weighted by Gasteiger charge is -2.35. The van der Waals surface area contributed by atoms with Gasteiger partial charge in [-0.15, -0.1) is 0 Å². The second-order valence-electron chi connectivity index (χ2n) is 8.08. The summed E-state index contributed by atoms with van der Waals surface area (Å²) in [7, 11) is 1.37. The van der Waals surface area contributed by atoms with Crippen LogP contribution in [0.5, 0.6) is 0 Å². The van der Waals surface area contributed by atoms with Crippen LogP contribution in [0.4, 0.5) is 0 Å². The topological polar surface area (TPSA) is 55.4 Å². The van der Waals surface area contributed by atoms with Crippen molar-refractivity contribution in [3.05, 3.63) is 108 Å². The van der Waals surface area contributed by atoms with Crippen LogP contribution in [0, 0.1) is 5.92 Å². The second-order valence-corrected chi connectivity index (χ2v) is 8.08. The number of methoxy groups -OCH3 is 1. The molecule has 0 radical (unpaired) electrons. The standard InChI is InChI=1S/C27H27NO3/c1-31-25(29)24(19-20-17-18-20)28-26(30)27(21-11-5-2-6-12-21,22-13-7-3-8-14-22)23-15-9-4-10-16-23/h2-16,20,24H,17-19H2,1H3,(H,28,30)/t24-/m0/s1. The number of hydrogen-bond acceptors (Lipinski definition) is 3. The number of carbonyl (C=O) groups excluding carboxylic acids is 2. The van der Waals surface area contributed by atoms with Crippen LogP contribution in [0.2, 0.25) is 0 Å². The second kappa shape index (κ2) is 9.17. The molecule has 3 aromatic rings. The Kier molecular flexibility index (Phi) is 6.17. The summed E-state index contributed by atoms with van der Waals surface area (Å²) in [5, 5.41) is 3.06. The Labute approximate surface area is 183 Å². The molecular formula is C27H27NO3. The minimum absolute atomic E-state index is 0.229. The van der Waals surface area contributed by atoms with Gasteiger partial charge in [-0.3, -0.25) is 4.79 Å². The van der Waals surface area contributed by atoms with Crippen molar-refractivity contribution in [1.82, 2.24) is 5.32 Å². The summed E-state index contributed by atoms with van der Waals surface area (Å²) in [5.74, 6) is -0.167. The zero-order chi connectivity index (χ0) is 21.7. The summed E-state index contributed by atoms with van der Waals surface area (Å²) in [6.07, 6.45) is 2.78. The molecule has 31 heavy (non-hydrogen) atoms. The van der Waals surface area contributed by atoms with E-state index in [1.807, 2.05) is 91.0 Å². The number of amides is 1. The van der Waals surface area contributed by atoms with Crippen molar-refractivity contribution in [1.29, 1.82) is 0 Å². The first kappa shape index (κ1) is 20.9. The summed E-state index contributed by atoms with van der Waals surface area (Å²) in [4.78, 5) is 26.7. The van der Waals surface area contributed by atoms with Gasteiger partial charge in [-0.25, -0.2) is 4.79 Å². The molecule has 4 nitrogen and oxygen atoms in total. The normalized spacial score (nSPS) is 14.5. The van der Waals surface area contributed by atoms with Crippen LogP contribution in [-0.4, -0.2) is 25.0 Å². The van der Waals surface area contributed by atoms with E-state index >= 15 is 0 Å². The van der Waals surface area contributed by atoms with E-state index in [1.54, 1.807) is 0 Å². The summed E-state index contributed by atoms with van der Waals surface area (Å²) in [5.41, 5.74) is 1.44. The van der Waals surface area contributed by atoms with Gasteiger partial charge in [0.15, 0.2) is 0 Å². The van der Waals surface area contributed by atoms with Gasteiger partial charge >= 0.3 is 5.97 Å². The van der Waals surface area contributed by atoms with Gasteiger partial charge in [0.05, 0.1) is 7.11 Å². The number of benzene rings is 3. The van der Waals surface area contributed by atoms with Gasteiger partial charge in [0.1, 0.15) is 11.5 Å². The molecular weight excluding hydrogens is 386 g/mol. The van der Waals surface area contributed by atoms with E-state index in [4.69, 9.17) is 4.74 Å². The monoisotopic (exact) mass is 413 g/mol. The van der Waals surface area contributed by atoms with Gasteiger partial charge < -0.3 is 10.1 Å². The van der Waals surface area contributed by atoms with Gasteiger partial charge in [0, 0.05) is 0 Å². The number of nitrogens with one attached hydrogen (secondary N) is 1. The molecule has 4 rings (SSSR count). The number of rotatable bonds is 8. The average Bonchev–Trinajstić information content (AvgIpc) is 3.65. The van der Waals surface area contributed by atoms with E-state index < -0.39 is 17.4 Å². The minimum Gasteiger partial charge on any atom is -0.467 e. The molecule has 0 aliphatic heterocycles. The molecule has 0 unspecified atom stereocenters. The lowest BCUT2D eigenvalue weighted by molar-refractivity contribution is -0.145. The van der Waals surface area contributed by atoms with Crippen molar-refractivity contribution in [3.63, 3.8) is 0 Å². The highest BCUT2D eigenvalue weighted by molar-refractivity contribution is 5.98. The Hall–Kier alpha value is -3.40. The summed E-state index contributed by atoms with van der Waals surface area (Å²) in [6.45, 7) is 0. The molecule has 1 aliphatic carbocycles. The van der Waals surface area contributed by atoms with E-state index in [2.05, 4.69) is 5.32 Å². The maximum Gasteiger partial charge on any atom is 0.328 e. The largest absolute Gasteiger partial charge is 0.467 e. The first-order valence-corrected chi connectivity index (χ1v) is 10.7. The molecule has 3 aromatic carbocycles. The van der Waals surface area contributed by atoms with Crippen molar-refractivity contribution < 1.29 is 14.3 Å². The van der Waals surface area contributed by atoms with Crippen LogP contribution in [0.25, 0.3) is 0 Å². The molecule has 158 valence electrons. The quantitative estimate of drug-likeness (QED) is 0.438. The lowest BCUT2D eigenvalue weighted by atomic mass is 9.68. The predicted molar refractivity (Wildman–Crippen MR) is 120 cm³/mol. The Morgan fingerprint density at radius 2 is 1.26 bits per heavy atom. The highest BCUT2D eigenvalue weighted by Gasteiger charge is 2.45. The fourth-order valence-electron chi connectivity index (χ4n) is 4.27. The van der Waals surface area contributed by atoms with Crippen LogP contribution in [-0.2, 0) is 19.7 Å². The molecule has 0 aromatic heterocycles. The van der Waals surface area contributed by atoms with E-state index in [0.717, 1.165) is 29.5 Å². The smallest absolute Gasteiger partial charge is 0.328 e. The van der Waals surface area contributed by atoms with E-state index in [1.165, 1.54) is 7.11 Å². The third-order valence-electron chi connectivity index (χ3n) is 6.02. The Morgan fingerprint density at radius 3 is 1.61 bits per heavy atom. The van der Waals surface area contributed by atoms with Crippen molar-refractivity contribution in [2.75, 3.05) is 7.11 Å². The average molecular weight is 414 g/mol. The van der Waals surface area contributed by atoms with E-state index in [-0.39, 0.29) is 5.91 Å². The van der Waals surface area contributed by atoms with Crippen LogP contribution in [0.3, 0.4) is 0 Å². The highest BCUT2D eigenvalue weighted by Crippen LogP contribution is 2.40. The minimum atomic E-state index is -1.10. The molecule has 1 atom stereocenters. The van der Waals surface area contributed by atoms with Crippen LogP contribution >= 0.6 is 0 Å². The summed E-state index contributed by atoms with van der Waals surface area (Å²) in [6, 6.07) is 28.6. The Bertz CT molecular complexity index is 917. The first-order chi connectivity index (χ1) is 15.2. The van der Waals surface area contributed by atoms with Gasteiger partial charge in [0.2, 0.25) is 5.91 Å². The highest BCUT2D eigenvalue weighted by atomic mass is 16.5. The number of carbonyl (C=O) groups is 2. The lowest BCUT2D eigenvalue weighted by Crippen LogP contribution is -2.52. The number of esters is 1. The van der Waals surface area contributed by atoms with E-state index in [9.17, 15) is 9.59 Å². The van der Waals surface area contributed by atoms with Crippen molar-refractivity contribution in [2.45, 2.75) is 30.7 Å². The maximum absolute atomic E-state index is 14.2. The fraction of sp³-hybridized carbons (Fsp3) is 0.259. The van der Waals surface area contributed by atoms with Crippen molar-refractivity contribution in [3.8, 4) is 0 Å². The fourth-order valence-corrected chi connectivity index (χ4v) is 4.27. The third-order valence-corrected chi connectivity index (χ3v) is 6.02. The van der Waals surface area contributed by atoms with Crippen LogP contribution in [0.15, 0.2) is 91.0 Å². The Balaban J connectivity index is 1.87. The van der Waals surface area contributed by atoms with Gasteiger partial charge in [-0.1, -0.05) is 104 Å². The molecule has 4 heteroatoms. The molecule has 1 saturated carbocycles. The SMILES string of the molecule is COC(=O)[C@H](CC1CC1)NC(=O)C(c1ccccc1)(c1ccccc1)c1ccccc1. The third kappa shape index (κ3) is 4.24. The zero-order valence-corrected chi connectivity index (χ0v) is 17.7. The van der Waals surface area contributed by atoms with Crippen LogP contribution < -0.4 is 5.32 Å². The molecule has 1 amide bonds. The molecule has 0 heterocycles. The molecule has 0 bridgehead atoms. The molecule has 0 spiro atoms. The van der Waals surface area contributed by atoms with Gasteiger partial charge in [0.25, 0.3) is 0 Å².